The predicted octanol–water partition coefficient (Wildman–Crippen LogP) is 2.23. The second-order valence-electron chi connectivity index (χ2n) is 6.94. The summed E-state index contributed by atoms with van der Waals surface area (Å²) in [5, 5.41) is 7.42. The minimum atomic E-state index is 0.656. The van der Waals surface area contributed by atoms with Crippen LogP contribution in [0.15, 0.2) is 0 Å². The Labute approximate surface area is 119 Å². The Morgan fingerprint density at radius 3 is 2.68 bits per heavy atom. The lowest BCUT2D eigenvalue weighted by atomic mass is 9.98. The summed E-state index contributed by atoms with van der Waals surface area (Å²) in [6.07, 6.45) is 6.82. The van der Waals surface area contributed by atoms with Crippen LogP contribution in [0.25, 0.3) is 0 Å². The van der Waals surface area contributed by atoms with Gasteiger partial charge in [0, 0.05) is 24.7 Å². The van der Waals surface area contributed by atoms with E-state index in [1.165, 1.54) is 58.3 Å². The van der Waals surface area contributed by atoms with Gasteiger partial charge < -0.3 is 15.5 Å². The average molecular weight is 267 g/mol. The van der Waals surface area contributed by atoms with E-state index in [1.807, 2.05) is 0 Å². The topological polar surface area (TPSA) is 27.3 Å². The Hall–Kier alpha value is -0.120. The molecule has 0 aromatic carbocycles. The van der Waals surface area contributed by atoms with Crippen molar-refractivity contribution in [3.05, 3.63) is 0 Å². The summed E-state index contributed by atoms with van der Waals surface area (Å²) in [6, 6.07) is 2.13. The van der Waals surface area contributed by atoms with Gasteiger partial charge in [0.15, 0.2) is 0 Å². The molecule has 0 amide bonds. The Balaban J connectivity index is 1.59. The molecular weight excluding hydrogens is 234 g/mol. The highest BCUT2D eigenvalue weighted by atomic mass is 15.2. The summed E-state index contributed by atoms with van der Waals surface area (Å²) >= 11 is 0. The highest BCUT2D eigenvalue weighted by Gasteiger charge is 2.24. The fourth-order valence-electron chi connectivity index (χ4n) is 3.50. The van der Waals surface area contributed by atoms with E-state index in [1.54, 1.807) is 0 Å². The van der Waals surface area contributed by atoms with Crippen molar-refractivity contribution >= 4 is 0 Å². The molecule has 2 rings (SSSR count). The Morgan fingerprint density at radius 2 is 2.05 bits per heavy atom. The maximum Gasteiger partial charge on any atom is 0.00817 e. The second kappa shape index (κ2) is 7.61. The molecule has 0 aromatic rings. The molecule has 0 aromatic heterocycles. The van der Waals surface area contributed by atoms with E-state index < -0.39 is 0 Å². The summed E-state index contributed by atoms with van der Waals surface area (Å²) in [6.45, 7) is 12.0. The first-order chi connectivity index (χ1) is 9.15. The smallest absolute Gasteiger partial charge is 0.00817 e. The highest BCUT2D eigenvalue weighted by molar-refractivity contribution is 4.81. The first-order valence-corrected chi connectivity index (χ1v) is 8.36. The highest BCUT2D eigenvalue weighted by Crippen LogP contribution is 2.18. The standard InChI is InChI=1S/C16H33N3/c1-13(2)19-9-7-15(12-19)11-18-14(3)10-16-6-4-5-8-17-16/h13-18H,4-12H2,1-3H3. The molecule has 2 N–H and O–H groups in total. The lowest BCUT2D eigenvalue weighted by Gasteiger charge is -2.27. The van der Waals surface area contributed by atoms with Crippen molar-refractivity contribution < 1.29 is 0 Å². The zero-order valence-electron chi connectivity index (χ0n) is 13.1. The predicted molar refractivity (Wildman–Crippen MR) is 82.5 cm³/mol. The molecule has 3 heteroatoms. The maximum atomic E-state index is 3.76. The summed E-state index contributed by atoms with van der Waals surface area (Å²) in [5.41, 5.74) is 0. The third kappa shape index (κ3) is 5.05. The van der Waals surface area contributed by atoms with E-state index in [2.05, 4.69) is 36.3 Å². The van der Waals surface area contributed by atoms with Crippen molar-refractivity contribution in [2.75, 3.05) is 26.2 Å². The van der Waals surface area contributed by atoms with Crippen LogP contribution in [0.4, 0.5) is 0 Å². The van der Waals surface area contributed by atoms with Gasteiger partial charge in [0.25, 0.3) is 0 Å². The fraction of sp³-hybridized carbons (Fsp3) is 1.00. The number of likely N-dealkylation sites (tertiary alicyclic amines) is 1. The summed E-state index contributed by atoms with van der Waals surface area (Å²) in [5.74, 6) is 0.865. The molecule has 2 aliphatic heterocycles. The van der Waals surface area contributed by atoms with E-state index in [-0.39, 0.29) is 0 Å². The van der Waals surface area contributed by atoms with Crippen LogP contribution >= 0.6 is 0 Å². The SMILES string of the molecule is CC(CC1CCCCN1)NCC1CCN(C(C)C)C1. The van der Waals surface area contributed by atoms with Gasteiger partial charge in [-0.1, -0.05) is 6.42 Å². The monoisotopic (exact) mass is 267 g/mol. The van der Waals surface area contributed by atoms with Crippen LogP contribution in [0, 0.1) is 5.92 Å². The van der Waals surface area contributed by atoms with Crippen LogP contribution in [-0.2, 0) is 0 Å². The molecule has 3 atom stereocenters. The third-order valence-electron chi connectivity index (χ3n) is 4.85. The zero-order chi connectivity index (χ0) is 13.7. The molecule has 2 saturated heterocycles. The van der Waals surface area contributed by atoms with Crippen LogP contribution in [-0.4, -0.2) is 49.2 Å². The van der Waals surface area contributed by atoms with Crippen LogP contribution in [0.1, 0.15) is 52.9 Å². The van der Waals surface area contributed by atoms with E-state index in [4.69, 9.17) is 0 Å². The van der Waals surface area contributed by atoms with Gasteiger partial charge in [-0.3, -0.25) is 0 Å². The lowest BCUT2D eigenvalue weighted by molar-refractivity contribution is 0.261. The Bertz CT molecular complexity index is 248. The molecule has 2 aliphatic rings. The molecule has 2 fully saturated rings. The van der Waals surface area contributed by atoms with Gasteiger partial charge in [-0.15, -0.1) is 0 Å². The van der Waals surface area contributed by atoms with Crippen LogP contribution in [0.5, 0.6) is 0 Å². The van der Waals surface area contributed by atoms with Gasteiger partial charge in [0.1, 0.15) is 0 Å². The van der Waals surface area contributed by atoms with Gasteiger partial charge in [-0.25, -0.2) is 0 Å². The van der Waals surface area contributed by atoms with Gasteiger partial charge in [-0.05, 0) is 72.0 Å². The number of nitrogens with one attached hydrogen (secondary N) is 2. The van der Waals surface area contributed by atoms with Crippen molar-refractivity contribution in [2.24, 2.45) is 5.92 Å². The largest absolute Gasteiger partial charge is 0.314 e. The van der Waals surface area contributed by atoms with Crippen LogP contribution < -0.4 is 10.6 Å². The summed E-state index contributed by atoms with van der Waals surface area (Å²) in [7, 11) is 0. The molecule has 19 heavy (non-hydrogen) atoms. The van der Waals surface area contributed by atoms with E-state index in [0.717, 1.165) is 12.0 Å². The summed E-state index contributed by atoms with van der Waals surface area (Å²) < 4.78 is 0. The second-order valence-corrected chi connectivity index (χ2v) is 6.94. The molecule has 0 radical (unpaired) electrons. The lowest BCUT2D eigenvalue weighted by Crippen LogP contribution is -2.41. The average Bonchev–Trinajstić information content (AvgIpc) is 2.86. The Kier molecular flexibility index (Phi) is 6.11. The number of hydrogen-bond acceptors (Lipinski definition) is 3. The van der Waals surface area contributed by atoms with Gasteiger partial charge in [0.2, 0.25) is 0 Å². The first kappa shape index (κ1) is 15.3. The molecular formula is C16H33N3. The molecule has 0 spiro atoms. The molecule has 0 bridgehead atoms. The van der Waals surface area contributed by atoms with Crippen molar-refractivity contribution in [3.8, 4) is 0 Å². The molecule has 2 heterocycles. The molecule has 112 valence electrons. The van der Waals surface area contributed by atoms with Crippen molar-refractivity contribution in [1.29, 1.82) is 0 Å². The number of nitrogens with zero attached hydrogens (tertiary/aromatic N) is 1. The van der Waals surface area contributed by atoms with Gasteiger partial charge in [0.05, 0.1) is 0 Å². The summed E-state index contributed by atoms with van der Waals surface area (Å²) in [4.78, 5) is 2.61. The van der Waals surface area contributed by atoms with E-state index in [9.17, 15) is 0 Å². The normalized spacial score (nSPS) is 30.9. The number of piperidine rings is 1. The van der Waals surface area contributed by atoms with Crippen LogP contribution in [0.3, 0.4) is 0 Å². The quantitative estimate of drug-likeness (QED) is 0.773. The van der Waals surface area contributed by atoms with E-state index >= 15 is 0 Å². The van der Waals surface area contributed by atoms with Crippen molar-refractivity contribution in [1.82, 2.24) is 15.5 Å². The Morgan fingerprint density at radius 1 is 1.21 bits per heavy atom. The molecule has 0 saturated carbocycles. The minimum absolute atomic E-state index is 0.656. The molecule has 0 aliphatic carbocycles. The third-order valence-corrected chi connectivity index (χ3v) is 4.85. The van der Waals surface area contributed by atoms with Gasteiger partial charge >= 0.3 is 0 Å². The zero-order valence-corrected chi connectivity index (χ0v) is 13.1. The first-order valence-electron chi connectivity index (χ1n) is 8.36. The number of rotatable bonds is 6. The van der Waals surface area contributed by atoms with Crippen LogP contribution in [0.2, 0.25) is 0 Å². The van der Waals surface area contributed by atoms with Crippen molar-refractivity contribution in [2.45, 2.75) is 71.0 Å². The van der Waals surface area contributed by atoms with E-state index in [0.29, 0.717) is 12.1 Å². The maximum absolute atomic E-state index is 3.76. The van der Waals surface area contributed by atoms with Crippen molar-refractivity contribution in [3.63, 3.8) is 0 Å². The van der Waals surface area contributed by atoms with Gasteiger partial charge in [-0.2, -0.15) is 0 Å². The number of hydrogen-bond donors (Lipinski definition) is 2. The molecule has 3 nitrogen and oxygen atoms in total. The minimum Gasteiger partial charge on any atom is -0.314 e. The fourth-order valence-corrected chi connectivity index (χ4v) is 3.50. The molecule has 3 unspecified atom stereocenters.